The van der Waals surface area contributed by atoms with Crippen LogP contribution < -0.4 is 0 Å². The van der Waals surface area contributed by atoms with Gasteiger partial charge in [-0.25, -0.2) is 0 Å². The fourth-order valence-corrected chi connectivity index (χ4v) is 9.33. The third-order valence-electron chi connectivity index (χ3n) is 11.1. The molecule has 0 saturated heterocycles. The third kappa shape index (κ3) is 4.18. The van der Waals surface area contributed by atoms with Crippen LogP contribution in [0, 0.1) is 46.3 Å². The van der Waals surface area contributed by atoms with E-state index in [-0.39, 0.29) is 11.8 Å². The van der Waals surface area contributed by atoms with E-state index >= 15 is 0 Å². The monoisotopic (exact) mass is 456 g/mol. The predicted octanol–water partition coefficient (Wildman–Crippen LogP) is 7.33. The normalized spacial score (nSPS) is 47.3. The van der Waals surface area contributed by atoms with Crippen LogP contribution in [0.1, 0.15) is 105 Å². The van der Waals surface area contributed by atoms with Gasteiger partial charge in [-0.2, -0.15) is 13.2 Å². The van der Waals surface area contributed by atoms with Gasteiger partial charge in [0.1, 0.15) is 0 Å². The minimum atomic E-state index is -4.69. The Hall–Kier alpha value is -0.580. The molecule has 4 aliphatic carbocycles. The van der Waals surface area contributed by atoms with Gasteiger partial charge in [0, 0.05) is 6.42 Å². The van der Waals surface area contributed by atoms with E-state index in [1.807, 2.05) is 6.92 Å². The first-order valence-corrected chi connectivity index (χ1v) is 13.1. The number of carbonyl (C=O) groups is 1. The van der Waals surface area contributed by atoms with Crippen molar-refractivity contribution >= 4 is 5.78 Å². The van der Waals surface area contributed by atoms with Crippen LogP contribution in [0.2, 0.25) is 0 Å². The molecule has 0 aromatic rings. The van der Waals surface area contributed by atoms with Crippen LogP contribution in [0.15, 0.2) is 0 Å². The molecule has 0 bridgehead atoms. The molecular formula is C27H43F3O2. The Bertz CT molecular complexity index is 716. The van der Waals surface area contributed by atoms with Crippen molar-refractivity contribution in [1.29, 1.82) is 0 Å². The minimum absolute atomic E-state index is 0.290. The van der Waals surface area contributed by atoms with Gasteiger partial charge in [-0.05, 0) is 124 Å². The third-order valence-corrected chi connectivity index (χ3v) is 11.1. The van der Waals surface area contributed by atoms with Crippen molar-refractivity contribution in [3.05, 3.63) is 0 Å². The summed E-state index contributed by atoms with van der Waals surface area (Å²) < 4.78 is 37.6. The molecule has 9 atom stereocenters. The summed E-state index contributed by atoms with van der Waals surface area (Å²) in [4.78, 5) is 11.3. The molecule has 1 unspecified atom stereocenters. The number of aliphatic hydroxyl groups is 1. The smallest absolute Gasteiger partial charge is 0.390 e. The SMILES string of the molecule is C[C@H](CCCC(=O)C(F)(F)F)[C@H]1CC[C@H]2[C@@H]3CCC4C[C@@](C)(O)CC[C@]4(C)[C@H]3CC[C@]12C. The molecule has 0 amide bonds. The number of ketones is 1. The van der Waals surface area contributed by atoms with Crippen LogP contribution in [0.5, 0.6) is 0 Å². The number of rotatable bonds is 5. The highest BCUT2D eigenvalue weighted by atomic mass is 19.4. The molecular weight excluding hydrogens is 413 g/mol. The zero-order valence-electron chi connectivity index (χ0n) is 20.4. The Labute approximate surface area is 192 Å². The molecule has 32 heavy (non-hydrogen) atoms. The van der Waals surface area contributed by atoms with E-state index in [9.17, 15) is 23.1 Å². The van der Waals surface area contributed by atoms with Gasteiger partial charge in [0.05, 0.1) is 5.60 Å². The summed E-state index contributed by atoms with van der Waals surface area (Å²) in [7, 11) is 0. The molecule has 184 valence electrons. The Morgan fingerprint density at radius 3 is 2.34 bits per heavy atom. The van der Waals surface area contributed by atoms with Gasteiger partial charge >= 0.3 is 6.18 Å². The van der Waals surface area contributed by atoms with Crippen molar-refractivity contribution in [2.75, 3.05) is 0 Å². The summed E-state index contributed by atoms with van der Waals surface area (Å²) in [5.41, 5.74) is 0.147. The first-order valence-electron chi connectivity index (χ1n) is 13.1. The van der Waals surface area contributed by atoms with Gasteiger partial charge in [-0.1, -0.05) is 20.8 Å². The lowest BCUT2D eigenvalue weighted by molar-refractivity contribution is -0.171. The van der Waals surface area contributed by atoms with Crippen LogP contribution in [-0.4, -0.2) is 22.7 Å². The van der Waals surface area contributed by atoms with Crippen LogP contribution in [0.3, 0.4) is 0 Å². The fourth-order valence-electron chi connectivity index (χ4n) is 9.33. The zero-order valence-corrected chi connectivity index (χ0v) is 20.4. The van der Waals surface area contributed by atoms with Gasteiger partial charge in [-0.3, -0.25) is 4.79 Å². The largest absolute Gasteiger partial charge is 0.449 e. The predicted molar refractivity (Wildman–Crippen MR) is 120 cm³/mol. The first-order chi connectivity index (χ1) is 14.8. The number of alkyl halides is 3. The second kappa shape index (κ2) is 8.27. The number of Topliss-reactive ketones (excluding diaryl/α,β-unsaturated/α-hetero) is 1. The molecule has 4 fully saturated rings. The van der Waals surface area contributed by atoms with Crippen molar-refractivity contribution < 1.29 is 23.1 Å². The standard InChI is InChI=1S/C27H43F3O2/c1-17(6-5-7-23(31)27(28,29)30)20-10-11-21-19-9-8-18-16-24(2,32)14-15-25(18,3)22(19)12-13-26(20,21)4/h17-22,32H,5-16H2,1-4H3/t17-,18?,19+,20-,21+,22+,24+,25+,26-/m1/s1. The van der Waals surface area contributed by atoms with Crippen molar-refractivity contribution in [2.45, 2.75) is 117 Å². The maximum absolute atomic E-state index is 12.5. The van der Waals surface area contributed by atoms with Crippen LogP contribution in [0.25, 0.3) is 0 Å². The molecule has 4 rings (SSSR count). The summed E-state index contributed by atoms with van der Waals surface area (Å²) >= 11 is 0. The van der Waals surface area contributed by atoms with E-state index in [1.54, 1.807) is 0 Å². The molecule has 1 N–H and O–H groups in total. The van der Waals surface area contributed by atoms with Crippen molar-refractivity contribution in [3.8, 4) is 0 Å². The maximum Gasteiger partial charge on any atom is 0.449 e. The Kier molecular flexibility index (Phi) is 6.34. The second-order valence-corrected chi connectivity index (χ2v) is 12.9. The Morgan fingerprint density at radius 2 is 1.66 bits per heavy atom. The molecule has 0 spiro atoms. The summed E-state index contributed by atoms with van der Waals surface area (Å²) in [5, 5.41) is 10.7. The zero-order chi connectivity index (χ0) is 23.5. The van der Waals surface area contributed by atoms with E-state index in [0.29, 0.717) is 29.6 Å². The lowest BCUT2D eigenvalue weighted by Crippen LogP contribution is -2.55. The quantitative estimate of drug-likeness (QED) is 0.470. The molecule has 0 aliphatic heterocycles. The van der Waals surface area contributed by atoms with E-state index in [4.69, 9.17) is 0 Å². The highest BCUT2D eigenvalue weighted by Crippen LogP contribution is 2.68. The minimum Gasteiger partial charge on any atom is -0.390 e. The number of halogens is 3. The van der Waals surface area contributed by atoms with Crippen molar-refractivity contribution in [1.82, 2.24) is 0 Å². The molecule has 4 aliphatic rings. The Balaban J connectivity index is 1.41. The lowest BCUT2D eigenvalue weighted by Gasteiger charge is -2.62. The van der Waals surface area contributed by atoms with Crippen LogP contribution in [0.4, 0.5) is 13.2 Å². The van der Waals surface area contributed by atoms with E-state index < -0.39 is 17.6 Å². The maximum atomic E-state index is 12.5. The highest BCUT2D eigenvalue weighted by molar-refractivity contribution is 5.83. The van der Waals surface area contributed by atoms with Crippen molar-refractivity contribution in [2.24, 2.45) is 46.3 Å². The molecule has 2 nitrogen and oxygen atoms in total. The van der Waals surface area contributed by atoms with Gasteiger partial charge in [0.15, 0.2) is 0 Å². The molecule has 0 heterocycles. The molecule has 0 aromatic carbocycles. The second-order valence-electron chi connectivity index (χ2n) is 12.9. The van der Waals surface area contributed by atoms with E-state index in [1.165, 1.54) is 38.5 Å². The topological polar surface area (TPSA) is 37.3 Å². The van der Waals surface area contributed by atoms with Crippen LogP contribution >= 0.6 is 0 Å². The van der Waals surface area contributed by atoms with Crippen molar-refractivity contribution in [3.63, 3.8) is 0 Å². The summed E-state index contributed by atoms with van der Waals surface area (Å²) in [5.74, 6) is 2.25. The van der Waals surface area contributed by atoms with Gasteiger partial charge in [0.2, 0.25) is 5.78 Å². The van der Waals surface area contributed by atoms with Gasteiger partial charge in [-0.15, -0.1) is 0 Å². The first kappa shape index (κ1) is 24.5. The highest BCUT2D eigenvalue weighted by Gasteiger charge is 2.61. The Morgan fingerprint density at radius 1 is 0.969 bits per heavy atom. The summed E-state index contributed by atoms with van der Waals surface area (Å²) in [6.45, 7) is 9.22. The average Bonchev–Trinajstić information content (AvgIpc) is 3.05. The molecule has 0 radical (unpaired) electrons. The van der Waals surface area contributed by atoms with Gasteiger partial charge < -0.3 is 5.11 Å². The number of hydrogen-bond donors (Lipinski definition) is 1. The van der Waals surface area contributed by atoms with E-state index in [2.05, 4.69) is 20.8 Å². The number of carbonyl (C=O) groups excluding carboxylic acids is 1. The summed E-state index contributed by atoms with van der Waals surface area (Å²) in [6.07, 6.45) is 6.48. The molecule has 4 saturated carbocycles. The fraction of sp³-hybridized carbons (Fsp3) is 0.963. The molecule has 5 heteroatoms. The average molecular weight is 457 g/mol. The summed E-state index contributed by atoms with van der Waals surface area (Å²) in [6, 6.07) is 0. The lowest BCUT2D eigenvalue weighted by atomic mass is 9.43. The number of fused-ring (bicyclic) bond motifs is 5. The molecule has 0 aromatic heterocycles. The number of hydrogen-bond acceptors (Lipinski definition) is 2. The van der Waals surface area contributed by atoms with Crippen LogP contribution in [-0.2, 0) is 4.79 Å². The van der Waals surface area contributed by atoms with E-state index in [0.717, 1.165) is 43.4 Å². The van der Waals surface area contributed by atoms with Gasteiger partial charge in [0.25, 0.3) is 0 Å².